The number of hydrogen-bond acceptors (Lipinski definition) is 1. The van der Waals surface area contributed by atoms with Crippen molar-refractivity contribution < 1.29 is 0 Å². The monoisotopic (exact) mass is 681 g/mol. The van der Waals surface area contributed by atoms with Crippen molar-refractivity contribution >= 4 is 11.4 Å². The minimum atomic E-state index is 0.0960. The normalized spacial score (nSPS) is 12.8. The number of unbranched alkanes of at least 4 members (excludes halogenated alkanes) is 6. The van der Waals surface area contributed by atoms with Crippen molar-refractivity contribution in [1.82, 2.24) is 0 Å². The van der Waals surface area contributed by atoms with Gasteiger partial charge in [-0.15, -0.1) is 0 Å². The lowest BCUT2D eigenvalue weighted by molar-refractivity contribution is 0.401. The molecular weight excluding hydrogens is 627 g/mol. The summed E-state index contributed by atoms with van der Waals surface area (Å²) in [6, 6.07) is 52.4. The smallest absolute Gasteiger partial charge is 0.0411 e. The molecule has 1 nitrogen and oxygen atoms in total. The molecule has 0 radical (unpaired) electrons. The second-order valence-electron chi connectivity index (χ2n) is 15.1. The Kier molecular flexibility index (Phi) is 11.1. The van der Waals surface area contributed by atoms with Crippen molar-refractivity contribution in [3.63, 3.8) is 0 Å². The van der Waals surface area contributed by atoms with Gasteiger partial charge >= 0.3 is 0 Å². The van der Waals surface area contributed by atoms with Crippen LogP contribution < -0.4 is 4.90 Å². The summed E-state index contributed by atoms with van der Waals surface area (Å²) in [6.07, 6.45) is 12.9. The first kappa shape index (κ1) is 35.5. The van der Waals surface area contributed by atoms with Crippen LogP contribution in [0.5, 0.6) is 0 Å². The summed E-state index contributed by atoms with van der Waals surface area (Å²) in [6.45, 7) is 6.77. The van der Waals surface area contributed by atoms with E-state index in [2.05, 4.69) is 172 Å². The molecule has 0 aromatic heterocycles. The zero-order valence-electron chi connectivity index (χ0n) is 31.8. The minimum absolute atomic E-state index is 0.0960. The van der Waals surface area contributed by atoms with Gasteiger partial charge in [-0.1, -0.05) is 174 Å². The Morgan fingerprint density at radius 2 is 0.923 bits per heavy atom. The molecule has 0 saturated carbocycles. The van der Waals surface area contributed by atoms with Gasteiger partial charge in [0.05, 0.1) is 0 Å². The molecule has 0 heterocycles. The van der Waals surface area contributed by atoms with Crippen molar-refractivity contribution in [1.29, 1.82) is 0 Å². The lowest BCUT2D eigenvalue weighted by Crippen LogP contribution is -2.26. The fourth-order valence-electron chi connectivity index (χ4n) is 8.55. The Labute approximate surface area is 313 Å². The molecule has 0 saturated heterocycles. The van der Waals surface area contributed by atoms with E-state index in [4.69, 9.17) is 0 Å². The van der Waals surface area contributed by atoms with Crippen LogP contribution in [-0.4, -0.2) is 7.05 Å². The summed E-state index contributed by atoms with van der Waals surface area (Å²) in [5.41, 5.74) is 17.3. The molecule has 52 heavy (non-hydrogen) atoms. The first-order valence-corrected chi connectivity index (χ1v) is 19.9. The van der Waals surface area contributed by atoms with Gasteiger partial charge in [-0.25, -0.2) is 0 Å². The summed E-state index contributed by atoms with van der Waals surface area (Å²) in [5, 5.41) is 0. The quantitative estimate of drug-likeness (QED) is 0.0975. The van der Waals surface area contributed by atoms with Crippen LogP contribution in [0.15, 0.2) is 140 Å². The lowest BCUT2D eigenvalue weighted by Gasteiger charge is -2.33. The van der Waals surface area contributed by atoms with E-state index in [1.54, 1.807) is 11.1 Å². The van der Waals surface area contributed by atoms with Crippen LogP contribution in [0.4, 0.5) is 11.4 Å². The highest BCUT2D eigenvalue weighted by Gasteiger charge is 2.42. The van der Waals surface area contributed by atoms with Crippen molar-refractivity contribution in [3.8, 4) is 44.5 Å². The average Bonchev–Trinajstić information content (AvgIpc) is 3.47. The molecule has 0 atom stereocenters. The van der Waals surface area contributed by atoms with Gasteiger partial charge < -0.3 is 4.90 Å². The molecule has 264 valence electrons. The van der Waals surface area contributed by atoms with Crippen molar-refractivity contribution in [2.24, 2.45) is 0 Å². The fourth-order valence-corrected chi connectivity index (χ4v) is 8.55. The number of aryl methyl sites for hydroxylation is 1. The third-order valence-electron chi connectivity index (χ3n) is 11.6. The molecule has 0 bridgehead atoms. The predicted molar refractivity (Wildman–Crippen MR) is 226 cm³/mol. The zero-order chi connectivity index (χ0) is 35.9. The molecule has 6 aromatic rings. The maximum absolute atomic E-state index is 2.54. The molecule has 0 spiro atoms. The molecule has 0 N–H and O–H groups in total. The predicted octanol–water partition coefficient (Wildman–Crippen LogP) is 15.0. The van der Waals surface area contributed by atoms with E-state index in [-0.39, 0.29) is 5.41 Å². The highest BCUT2D eigenvalue weighted by Crippen LogP contribution is 2.55. The minimum Gasteiger partial charge on any atom is -0.345 e. The molecule has 6 aromatic carbocycles. The van der Waals surface area contributed by atoms with E-state index in [0.29, 0.717) is 0 Å². The first-order valence-electron chi connectivity index (χ1n) is 19.9. The number of hydrogen-bond donors (Lipinski definition) is 0. The zero-order valence-corrected chi connectivity index (χ0v) is 31.8. The van der Waals surface area contributed by atoms with Gasteiger partial charge in [0.25, 0.3) is 0 Å². The summed E-state index contributed by atoms with van der Waals surface area (Å²) < 4.78 is 0. The molecule has 0 aliphatic heterocycles. The van der Waals surface area contributed by atoms with Gasteiger partial charge in [0.15, 0.2) is 0 Å². The van der Waals surface area contributed by atoms with Crippen LogP contribution >= 0.6 is 0 Å². The van der Waals surface area contributed by atoms with Crippen molar-refractivity contribution in [2.75, 3.05) is 11.9 Å². The number of benzene rings is 6. The number of fused-ring (bicyclic) bond motifs is 3. The SMILES string of the molecule is CCCCCCC1(CCCCCC)c2ccccc2-c2ccc(N(C)c3ccc(-c4cccc(-c5cccc(-c6ccc(C)cc6)c5)c4)cc3)cc21. The van der Waals surface area contributed by atoms with Crippen LogP contribution in [0.25, 0.3) is 44.5 Å². The molecule has 0 fully saturated rings. The van der Waals surface area contributed by atoms with E-state index in [1.807, 2.05) is 0 Å². The molecule has 0 amide bonds. The first-order chi connectivity index (χ1) is 25.5. The third kappa shape index (κ3) is 7.38. The van der Waals surface area contributed by atoms with Gasteiger partial charge in [0.1, 0.15) is 0 Å². The van der Waals surface area contributed by atoms with Crippen LogP contribution in [0.1, 0.15) is 94.7 Å². The van der Waals surface area contributed by atoms with E-state index in [1.165, 1.54) is 126 Å². The fraction of sp³-hybridized carbons (Fsp3) is 0.294. The lowest BCUT2D eigenvalue weighted by atomic mass is 9.70. The van der Waals surface area contributed by atoms with Gasteiger partial charge in [0.2, 0.25) is 0 Å². The van der Waals surface area contributed by atoms with Crippen LogP contribution in [0.3, 0.4) is 0 Å². The highest BCUT2D eigenvalue weighted by molar-refractivity contribution is 5.84. The second kappa shape index (κ2) is 16.2. The Morgan fingerprint density at radius 1 is 0.423 bits per heavy atom. The summed E-state index contributed by atoms with van der Waals surface area (Å²) >= 11 is 0. The van der Waals surface area contributed by atoms with E-state index in [0.717, 1.165) is 0 Å². The summed E-state index contributed by atoms with van der Waals surface area (Å²) in [4.78, 5) is 2.37. The summed E-state index contributed by atoms with van der Waals surface area (Å²) in [5.74, 6) is 0. The Morgan fingerprint density at radius 3 is 1.50 bits per heavy atom. The number of anilines is 2. The molecule has 0 unspecified atom stereocenters. The maximum Gasteiger partial charge on any atom is 0.0411 e. The topological polar surface area (TPSA) is 3.24 Å². The molecule has 1 aliphatic carbocycles. The summed E-state index contributed by atoms with van der Waals surface area (Å²) in [7, 11) is 2.23. The molecular formula is C51H55N. The third-order valence-corrected chi connectivity index (χ3v) is 11.6. The molecule has 1 heteroatoms. The molecule has 7 rings (SSSR count). The van der Waals surface area contributed by atoms with E-state index >= 15 is 0 Å². The Hall–Kier alpha value is -4.88. The average molecular weight is 682 g/mol. The van der Waals surface area contributed by atoms with E-state index < -0.39 is 0 Å². The maximum atomic E-state index is 2.54. The number of nitrogens with zero attached hydrogens (tertiary/aromatic N) is 1. The van der Waals surface area contributed by atoms with Gasteiger partial charge in [0, 0.05) is 23.8 Å². The largest absolute Gasteiger partial charge is 0.345 e. The van der Waals surface area contributed by atoms with Crippen LogP contribution in [0, 0.1) is 6.92 Å². The van der Waals surface area contributed by atoms with Crippen molar-refractivity contribution in [3.05, 3.63) is 156 Å². The highest BCUT2D eigenvalue weighted by atomic mass is 15.1. The molecule has 1 aliphatic rings. The Bertz CT molecular complexity index is 2070. The van der Waals surface area contributed by atoms with Gasteiger partial charge in [-0.05, 0) is 112 Å². The standard InChI is InChI=1S/C51H55N/c1-5-7-9-13-33-51(34-14-10-8-6-2)49-22-12-11-21-47(49)48-32-31-46(37-50(48)51)52(4)45-29-27-40(28-30-45)42-18-16-20-44(36-42)43-19-15-17-41(35-43)39-25-23-38(3)24-26-39/h11-12,15-32,35-37H,5-10,13-14,33-34H2,1-4H3. The van der Waals surface area contributed by atoms with Gasteiger partial charge in [-0.3, -0.25) is 0 Å². The van der Waals surface area contributed by atoms with Crippen molar-refractivity contribution in [2.45, 2.75) is 90.4 Å². The second-order valence-corrected chi connectivity index (χ2v) is 15.1. The van der Waals surface area contributed by atoms with Crippen LogP contribution in [0.2, 0.25) is 0 Å². The van der Waals surface area contributed by atoms with E-state index in [9.17, 15) is 0 Å². The van der Waals surface area contributed by atoms with Gasteiger partial charge in [-0.2, -0.15) is 0 Å². The number of rotatable bonds is 15. The Balaban J connectivity index is 1.15. The van der Waals surface area contributed by atoms with Crippen LogP contribution in [-0.2, 0) is 5.41 Å².